The molecule has 0 heterocycles. The molecule has 3 aromatic rings. The Morgan fingerprint density at radius 3 is 1.77 bits per heavy atom. The molecule has 0 aromatic heterocycles. The Kier molecular flexibility index (Phi) is 24.7. The Morgan fingerprint density at radius 2 is 1.24 bits per heavy atom. The molecule has 0 unspecified atom stereocenters. The van der Waals surface area contributed by atoms with Crippen molar-refractivity contribution in [1.82, 2.24) is 30.5 Å². The molecular formula is C61H91N7O11S. The Balaban J connectivity index is 1.73. The van der Waals surface area contributed by atoms with Crippen LogP contribution < -0.4 is 26.4 Å². The van der Waals surface area contributed by atoms with E-state index in [2.05, 4.69) is 20.7 Å². The van der Waals surface area contributed by atoms with Crippen LogP contribution in [-0.2, 0) is 67.6 Å². The summed E-state index contributed by atoms with van der Waals surface area (Å²) >= 11 is 0. The van der Waals surface area contributed by atoms with Crippen LogP contribution in [0.2, 0.25) is 0 Å². The van der Waals surface area contributed by atoms with E-state index in [0.717, 1.165) is 11.1 Å². The highest BCUT2D eigenvalue weighted by molar-refractivity contribution is 7.89. The predicted molar refractivity (Wildman–Crippen MR) is 312 cm³/mol. The maximum atomic E-state index is 14.7. The van der Waals surface area contributed by atoms with Crippen LogP contribution in [-0.4, -0.2) is 116 Å². The quantitative estimate of drug-likeness (QED) is 0.0376. The minimum Gasteiger partial charge on any atom is -0.444 e. The molecule has 80 heavy (non-hydrogen) atoms. The summed E-state index contributed by atoms with van der Waals surface area (Å²) in [4.78, 5) is 98.3. The van der Waals surface area contributed by atoms with Crippen LogP contribution in [0.5, 0.6) is 0 Å². The van der Waals surface area contributed by atoms with Gasteiger partial charge in [-0.3, -0.25) is 28.9 Å². The number of nitrogens with two attached hydrogens (primary N) is 1. The molecule has 6 amide bonds. The molecule has 0 aliphatic rings. The van der Waals surface area contributed by atoms with Crippen molar-refractivity contribution in [3.05, 3.63) is 119 Å². The number of nitrogens with one attached hydrogen (secondary N) is 4. The number of sulfonamides is 1. The summed E-state index contributed by atoms with van der Waals surface area (Å²) in [6, 6.07) is 21.3. The second kappa shape index (κ2) is 29.2. The number of ether oxygens (including phenoxy) is 2. The van der Waals surface area contributed by atoms with Crippen molar-refractivity contribution in [2.75, 3.05) is 20.6 Å². The zero-order valence-electron chi connectivity index (χ0n) is 50.2. The van der Waals surface area contributed by atoms with Gasteiger partial charge >= 0.3 is 12.2 Å². The number of unbranched alkanes of at least 4 members (excludes halogenated alkanes) is 1. The molecule has 442 valence electrons. The number of carbonyl (C=O) groups excluding carboxylic acids is 7. The average molecular weight is 1130 g/mol. The predicted octanol–water partition coefficient (Wildman–Crippen LogP) is 8.26. The van der Waals surface area contributed by atoms with Gasteiger partial charge in [0.25, 0.3) is 5.91 Å². The first kappa shape index (κ1) is 67.7. The molecule has 3 rings (SSSR count). The molecule has 0 saturated heterocycles. The van der Waals surface area contributed by atoms with Crippen molar-refractivity contribution in [3.8, 4) is 0 Å². The second-order valence-electron chi connectivity index (χ2n) is 24.7. The van der Waals surface area contributed by atoms with Gasteiger partial charge in [-0.05, 0) is 101 Å². The first-order chi connectivity index (χ1) is 36.9. The standard InChI is InChI=1S/C61H91N7O11S/c1-40(2)48(67(15)55(73)50(58(4,5)6)65-54(72)51(68(16)57(75)79-60(10,11)12)61(13,14)46-28-21-18-22-29-46)35-41(3)52(70)66-80(76,77)39-44-32-30-43(31-33-44)38-64-53(71)45(27-23-24-34-63-56(74)78-59(7,8)9)37-49(69)47(62)36-42-25-19-17-20-26-42/h17-22,25-26,28-33,35,40,45,47-48,50-51H,23-24,27,34,36-39,62H2,1-16H3,(H,63,74)(H,64,71)(H,65,72)(H,66,70)/b41-35+/t45-,47+,48-,50-,51-/m1/s1. The number of likely N-dealkylation sites (N-methyl/N-ethyl adjacent to an activating group) is 2. The fourth-order valence-corrected chi connectivity index (χ4v) is 10.2. The molecule has 18 nitrogen and oxygen atoms in total. The summed E-state index contributed by atoms with van der Waals surface area (Å²) in [5.74, 6) is -4.06. The van der Waals surface area contributed by atoms with Crippen LogP contribution in [0.1, 0.15) is 145 Å². The number of hydrogen-bond acceptors (Lipinski definition) is 12. The highest BCUT2D eigenvalue weighted by Gasteiger charge is 2.46. The molecule has 19 heteroatoms. The zero-order valence-corrected chi connectivity index (χ0v) is 51.0. The molecule has 5 atom stereocenters. The molecule has 0 saturated carbocycles. The van der Waals surface area contributed by atoms with Crippen molar-refractivity contribution < 1.29 is 51.5 Å². The summed E-state index contributed by atoms with van der Waals surface area (Å²) in [5.41, 5.74) is 5.74. The van der Waals surface area contributed by atoms with Crippen LogP contribution in [0, 0.1) is 17.3 Å². The van der Waals surface area contributed by atoms with Gasteiger partial charge < -0.3 is 36.1 Å². The smallest absolute Gasteiger partial charge is 0.410 e. The van der Waals surface area contributed by atoms with Gasteiger partial charge in [0, 0.05) is 50.5 Å². The minimum atomic E-state index is -4.24. The molecule has 6 N–H and O–H groups in total. The highest BCUT2D eigenvalue weighted by Crippen LogP contribution is 2.33. The molecule has 0 spiro atoms. The van der Waals surface area contributed by atoms with Crippen LogP contribution in [0.4, 0.5) is 9.59 Å². The van der Waals surface area contributed by atoms with Crippen molar-refractivity contribution in [1.29, 1.82) is 0 Å². The number of ketones is 1. The third-order valence-electron chi connectivity index (χ3n) is 13.4. The van der Waals surface area contributed by atoms with E-state index in [0.29, 0.717) is 43.4 Å². The number of rotatable bonds is 26. The Labute approximate surface area is 476 Å². The molecule has 0 radical (unpaired) electrons. The number of alkyl carbamates (subject to hydrolysis) is 1. The lowest BCUT2D eigenvalue weighted by Gasteiger charge is -2.42. The number of amides is 6. The average Bonchev–Trinajstić information content (AvgIpc) is 3.34. The summed E-state index contributed by atoms with van der Waals surface area (Å²) < 4.78 is 40.1. The van der Waals surface area contributed by atoms with E-state index in [4.69, 9.17) is 15.2 Å². The van der Waals surface area contributed by atoms with Gasteiger partial charge in [0.15, 0.2) is 5.78 Å². The van der Waals surface area contributed by atoms with E-state index in [9.17, 15) is 42.0 Å². The molecule has 0 bridgehead atoms. The third-order valence-corrected chi connectivity index (χ3v) is 14.7. The maximum absolute atomic E-state index is 14.7. The topological polar surface area (TPSA) is 253 Å². The molecule has 3 aromatic carbocycles. The summed E-state index contributed by atoms with van der Waals surface area (Å²) in [5, 5.41) is 8.60. The normalized spacial score (nSPS) is 14.3. The van der Waals surface area contributed by atoms with Gasteiger partial charge in [-0.1, -0.05) is 146 Å². The highest BCUT2D eigenvalue weighted by atomic mass is 32.2. The van der Waals surface area contributed by atoms with E-state index < -0.39 is 97.8 Å². The summed E-state index contributed by atoms with van der Waals surface area (Å²) in [6.07, 6.45) is 1.95. The molecular weight excluding hydrogens is 1040 g/mol. The van der Waals surface area contributed by atoms with E-state index in [-0.39, 0.29) is 36.1 Å². The minimum absolute atomic E-state index is 0.0358. The van der Waals surface area contributed by atoms with Crippen LogP contribution in [0.15, 0.2) is 96.6 Å². The number of hydrogen-bond donors (Lipinski definition) is 5. The Morgan fingerprint density at radius 1 is 0.688 bits per heavy atom. The monoisotopic (exact) mass is 1130 g/mol. The number of Topliss-reactive ketones (excluding diaryl/α,β-unsaturated/α-hetero) is 1. The largest absolute Gasteiger partial charge is 0.444 e. The van der Waals surface area contributed by atoms with Crippen molar-refractivity contribution >= 4 is 51.6 Å². The van der Waals surface area contributed by atoms with Gasteiger partial charge in [-0.25, -0.2) is 22.7 Å². The first-order valence-electron chi connectivity index (χ1n) is 27.4. The number of nitrogens with zero attached hydrogens (tertiary/aromatic N) is 2. The van der Waals surface area contributed by atoms with Gasteiger partial charge in [0.05, 0.1) is 17.8 Å². The van der Waals surface area contributed by atoms with Crippen molar-refractivity contribution in [3.63, 3.8) is 0 Å². The fraction of sp³-hybridized carbons (Fsp3) is 0.557. The van der Waals surface area contributed by atoms with Crippen molar-refractivity contribution in [2.45, 2.75) is 182 Å². The molecule has 0 aliphatic carbocycles. The maximum Gasteiger partial charge on any atom is 0.410 e. The Hall–Kier alpha value is -6.60. The summed E-state index contributed by atoms with van der Waals surface area (Å²) in [7, 11) is -1.19. The lowest BCUT2D eigenvalue weighted by molar-refractivity contribution is -0.141. The summed E-state index contributed by atoms with van der Waals surface area (Å²) in [6.45, 7) is 25.2. The zero-order chi connectivity index (χ0) is 60.6. The van der Waals surface area contributed by atoms with Crippen LogP contribution >= 0.6 is 0 Å². The molecule has 0 fully saturated rings. The van der Waals surface area contributed by atoms with Gasteiger partial charge in [0.2, 0.25) is 27.7 Å². The van der Waals surface area contributed by atoms with E-state index >= 15 is 0 Å². The SMILES string of the molecule is C/C(=C\[C@H](C(C)C)N(C)C(=O)[C@@H](NC(=O)[C@@H](N(C)C(=O)OC(C)(C)C)C(C)(C)c1ccccc1)C(C)(C)C)C(=O)NS(=O)(=O)Cc1ccc(CNC(=O)[C@H](CCCCNC(=O)OC(C)(C)C)CC(=O)[C@@H](N)Cc2ccccc2)cc1. The number of carbonyl (C=O) groups is 7. The van der Waals surface area contributed by atoms with Gasteiger partial charge in [-0.2, -0.15) is 0 Å². The first-order valence-corrected chi connectivity index (χ1v) is 29.0. The van der Waals surface area contributed by atoms with E-state index in [1.165, 1.54) is 29.8 Å². The van der Waals surface area contributed by atoms with Gasteiger partial charge in [-0.15, -0.1) is 0 Å². The molecule has 0 aliphatic heterocycles. The Bertz CT molecular complexity index is 2710. The second-order valence-corrected chi connectivity index (χ2v) is 26.5. The van der Waals surface area contributed by atoms with Crippen molar-refractivity contribution in [2.24, 2.45) is 23.0 Å². The lowest BCUT2D eigenvalue weighted by atomic mass is 9.76. The third kappa shape index (κ3) is 22.1. The fourth-order valence-electron chi connectivity index (χ4n) is 9.04. The number of benzene rings is 3. The van der Waals surface area contributed by atoms with Crippen LogP contribution in [0.3, 0.4) is 0 Å². The van der Waals surface area contributed by atoms with E-state index in [1.54, 1.807) is 72.9 Å². The van der Waals surface area contributed by atoms with Gasteiger partial charge in [0.1, 0.15) is 23.3 Å². The van der Waals surface area contributed by atoms with E-state index in [1.807, 2.05) is 109 Å². The lowest BCUT2D eigenvalue weighted by Crippen LogP contribution is -2.63. The van der Waals surface area contributed by atoms with Crippen LogP contribution in [0.25, 0.3) is 0 Å².